The highest BCUT2D eigenvalue weighted by molar-refractivity contribution is 7.92. The number of nitrogens with one attached hydrogen (secondary N) is 2. The zero-order valence-electron chi connectivity index (χ0n) is 11.2. The monoisotopic (exact) mass is 270 g/mol. The number of sulfonamides is 1. The second-order valence-electron chi connectivity index (χ2n) is 4.19. The summed E-state index contributed by atoms with van der Waals surface area (Å²) >= 11 is 0. The highest BCUT2D eigenvalue weighted by Gasteiger charge is 2.07. The van der Waals surface area contributed by atoms with Crippen molar-refractivity contribution in [1.29, 1.82) is 0 Å². The van der Waals surface area contributed by atoms with E-state index in [-0.39, 0.29) is 5.75 Å². The normalized spacial score (nSPS) is 10.9. The Morgan fingerprint density at radius 2 is 1.67 bits per heavy atom. The molecule has 0 aliphatic heterocycles. The van der Waals surface area contributed by atoms with Crippen LogP contribution >= 0.6 is 0 Å². The van der Waals surface area contributed by atoms with Gasteiger partial charge in [-0.25, -0.2) is 13.7 Å². The maximum atomic E-state index is 11.4. The number of benzene rings is 1. The summed E-state index contributed by atoms with van der Waals surface area (Å²) in [6.07, 6.45) is 0. The molecule has 1 aromatic rings. The van der Waals surface area contributed by atoms with Crippen molar-refractivity contribution in [3.63, 3.8) is 0 Å². The summed E-state index contributed by atoms with van der Waals surface area (Å²) in [6, 6.07) is 7.14. The van der Waals surface area contributed by atoms with E-state index in [9.17, 15) is 8.42 Å². The summed E-state index contributed by atoms with van der Waals surface area (Å²) in [5.41, 5.74) is 1.49. The van der Waals surface area contributed by atoms with E-state index >= 15 is 0 Å². The molecule has 5 nitrogen and oxygen atoms in total. The van der Waals surface area contributed by atoms with E-state index in [0.29, 0.717) is 5.69 Å². The summed E-state index contributed by atoms with van der Waals surface area (Å²) in [4.78, 5) is 0. The Kier molecular flexibility index (Phi) is 4.72. The third kappa shape index (κ3) is 4.37. The van der Waals surface area contributed by atoms with Crippen LogP contribution in [0.2, 0.25) is 0 Å². The first-order valence-electron chi connectivity index (χ1n) is 5.72. The largest absolute Gasteiger partial charge is 0.284 e. The molecule has 0 aliphatic carbocycles. The van der Waals surface area contributed by atoms with Gasteiger partial charge in [-0.1, -0.05) is 0 Å². The summed E-state index contributed by atoms with van der Waals surface area (Å²) in [5.74, 6) is 1.08. The minimum atomic E-state index is -3.21. The summed E-state index contributed by atoms with van der Waals surface area (Å²) in [7, 11) is 0.695. The Hall–Kier alpha value is -1.56. The number of anilines is 2. The Bertz CT molecular complexity index is 529. The molecule has 0 aliphatic rings. The number of nitrogens with zero attached hydrogens (tertiary/aromatic N) is 1. The van der Waals surface area contributed by atoms with E-state index in [1.807, 2.05) is 37.7 Å². The van der Waals surface area contributed by atoms with Crippen LogP contribution in [0.25, 0.3) is 0 Å². The minimum Gasteiger partial charge on any atom is -0.284 e. The van der Waals surface area contributed by atoms with Gasteiger partial charge in [0.25, 0.3) is 0 Å². The highest BCUT2D eigenvalue weighted by atomic mass is 32.2. The lowest BCUT2D eigenvalue weighted by atomic mass is 10.3. The van der Waals surface area contributed by atoms with Crippen LogP contribution in [0.15, 0.2) is 24.3 Å². The Morgan fingerprint density at radius 1 is 1.17 bits per heavy atom. The van der Waals surface area contributed by atoms with Crippen LogP contribution < -0.4 is 10.0 Å². The fourth-order valence-electron chi connectivity index (χ4n) is 1.19. The molecule has 0 aromatic heterocycles. The topological polar surface area (TPSA) is 61.2 Å². The van der Waals surface area contributed by atoms with Crippen LogP contribution in [-0.4, -0.2) is 38.7 Å². The molecular formula is C12H20N3O2S+. The quantitative estimate of drug-likeness (QED) is 0.496. The summed E-state index contributed by atoms with van der Waals surface area (Å²) < 4.78 is 27.2. The van der Waals surface area contributed by atoms with Gasteiger partial charge in [0.2, 0.25) is 15.9 Å². The first-order chi connectivity index (χ1) is 8.34. The average molecular weight is 270 g/mol. The highest BCUT2D eigenvalue weighted by Crippen LogP contribution is 2.14. The molecule has 0 atom stereocenters. The first-order valence-corrected chi connectivity index (χ1v) is 7.37. The van der Waals surface area contributed by atoms with Gasteiger partial charge < -0.3 is 0 Å². The van der Waals surface area contributed by atoms with E-state index in [1.54, 1.807) is 19.1 Å². The fourth-order valence-corrected chi connectivity index (χ4v) is 1.83. The van der Waals surface area contributed by atoms with Crippen molar-refractivity contribution in [2.75, 3.05) is 29.9 Å². The SMILES string of the molecule is CCS(=O)(=O)Nc1ccc(NC(C)=[N+](C)C)cc1. The van der Waals surface area contributed by atoms with Gasteiger partial charge in [-0.3, -0.25) is 9.30 Å². The number of rotatable bonds is 4. The molecule has 0 heterocycles. The van der Waals surface area contributed by atoms with Crippen LogP contribution in [0, 0.1) is 0 Å². The van der Waals surface area contributed by atoms with Gasteiger partial charge in [-0.05, 0) is 31.2 Å². The molecule has 2 N–H and O–H groups in total. The first kappa shape index (κ1) is 14.5. The molecule has 0 unspecified atom stereocenters. The Morgan fingerprint density at radius 3 is 2.11 bits per heavy atom. The van der Waals surface area contributed by atoms with Gasteiger partial charge in [0, 0.05) is 12.6 Å². The van der Waals surface area contributed by atoms with Crippen molar-refractivity contribution < 1.29 is 13.0 Å². The predicted octanol–water partition coefficient (Wildman–Crippen LogP) is 1.55. The van der Waals surface area contributed by atoms with Gasteiger partial charge in [-0.15, -0.1) is 0 Å². The zero-order chi connectivity index (χ0) is 13.8. The molecule has 0 bridgehead atoms. The molecule has 1 aromatic carbocycles. The second kappa shape index (κ2) is 5.86. The van der Waals surface area contributed by atoms with Gasteiger partial charge >= 0.3 is 0 Å². The van der Waals surface area contributed by atoms with Gasteiger partial charge in [0.15, 0.2) is 0 Å². The Balaban J connectivity index is 2.78. The lowest BCUT2D eigenvalue weighted by Crippen LogP contribution is -2.18. The van der Waals surface area contributed by atoms with Crippen LogP contribution in [0.3, 0.4) is 0 Å². The molecule has 6 heteroatoms. The number of hydrogen-bond donors (Lipinski definition) is 2. The summed E-state index contributed by atoms with van der Waals surface area (Å²) in [5, 5.41) is 3.21. The van der Waals surface area contributed by atoms with Crippen molar-refractivity contribution >= 4 is 27.2 Å². The molecular weight excluding hydrogens is 250 g/mol. The third-order valence-corrected chi connectivity index (χ3v) is 3.84. The lowest BCUT2D eigenvalue weighted by molar-refractivity contribution is -0.464. The van der Waals surface area contributed by atoms with Crippen molar-refractivity contribution in [2.24, 2.45) is 0 Å². The minimum absolute atomic E-state index is 0.0700. The summed E-state index contributed by atoms with van der Waals surface area (Å²) in [6.45, 7) is 3.57. The molecule has 0 radical (unpaired) electrons. The molecule has 18 heavy (non-hydrogen) atoms. The van der Waals surface area contributed by atoms with E-state index in [4.69, 9.17) is 0 Å². The average Bonchev–Trinajstić information content (AvgIpc) is 2.31. The van der Waals surface area contributed by atoms with E-state index < -0.39 is 10.0 Å². The van der Waals surface area contributed by atoms with Crippen molar-refractivity contribution in [2.45, 2.75) is 13.8 Å². The maximum absolute atomic E-state index is 11.4. The maximum Gasteiger partial charge on any atom is 0.246 e. The molecule has 1 rings (SSSR count). The van der Waals surface area contributed by atoms with Gasteiger partial charge in [0.05, 0.1) is 19.8 Å². The van der Waals surface area contributed by atoms with Crippen molar-refractivity contribution in [3.05, 3.63) is 24.3 Å². The smallest absolute Gasteiger partial charge is 0.246 e. The number of hydrogen-bond acceptors (Lipinski definition) is 2. The predicted molar refractivity (Wildman–Crippen MR) is 75.9 cm³/mol. The molecule has 0 fully saturated rings. The van der Waals surface area contributed by atoms with Crippen LogP contribution in [0.5, 0.6) is 0 Å². The van der Waals surface area contributed by atoms with Gasteiger partial charge in [0.1, 0.15) is 5.69 Å². The third-order valence-electron chi connectivity index (χ3n) is 2.53. The van der Waals surface area contributed by atoms with Crippen molar-refractivity contribution in [3.8, 4) is 0 Å². The molecule has 0 saturated heterocycles. The standard InChI is InChI=1S/C12H19N3O2S/c1-5-18(16,17)14-12-8-6-11(7-9-12)13-10(2)15(3)4/h6-9,14H,5H2,1-4H3/p+1. The van der Waals surface area contributed by atoms with E-state index in [0.717, 1.165) is 11.5 Å². The van der Waals surface area contributed by atoms with Gasteiger partial charge in [-0.2, -0.15) is 0 Å². The van der Waals surface area contributed by atoms with E-state index in [2.05, 4.69) is 10.0 Å². The lowest BCUT2D eigenvalue weighted by Gasteiger charge is -2.06. The van der Waals surface area contributed by atoms with Crippen molar-refractivity contribution in [1.82, 2.24) is 0 Å². The van der Waals surface area contributed by atoms with E-state index in [1.165, 1.54) is 0 Å². The zero-order valence-corrected chi connectivity index (χ0v) is 12.0. The molecule has 0 spiro atoms. The van der Waals surface area contributed by atoms with Crippen LogP contribution in [0.4, 0.5) is 11.4 Å². The molecule has 100 valence electrons. The second-order valence-corrected chi connectivity index (χ2v) is 6.20. The Labute approximate surface area is 109 Å². The number of amidine groups is 1. The molecule has 0 saturated carbocycles. The van der Waals surface area contributed by atoms with Crippen LogP contribution in [0.1, 0.15) is 13.8 Å². The fraction of sp³-hybridized carbons (Fsp3) is 0.417. The van der Waals surface area contributed by atoms with Crippen LogP contribution in [-0.2, 0) is 10.0 Å². The molecule has 0 amide bonds.